The van der Waals surface area contributed by atoms with Crippen LogP contribution < -0.4 is 5.32 Å². The van der Waals surface area contributed by atoms with Crippen molar-refractivity contribution in [2.75, 3.05) is 27.2 Å². The summed E-state index contributed by atoms with van der Waals surface area (Å²) in [4.78, 5) is 3.88. The van der Waals surface area contributed by atoms with E-state index in [9.17, 15) is 0 Å². The van der Waals surface area contributed by atoms with Crippen molar-refractivity contribution < 1.29 is 0 Å². The Balaban J connectivity index is 2.43. The Labute approximate surface area is 97.3 Å². The average Bonchev–Trinajstić information content (AvgIpc) is 2.69. The first kappa shape index (κ1) is 12.7. The minimum absolute atomic E-state index is 0.532. The van der Waals surface area contributed by atoms with Gasteiger partial charge in [0.05, 0.1) is 0 Å². The summed E-state index contributed by atoms with van der Waals surface area (Å²) >= 11 is 1.84. The van der Waals surface area contributed by atoms with Crippen molar-refractivity contribution >= 4 is 11.3 Å². The van der Waals surface area contributed by atoms with Crippen LogP contribution in [0.1, 0.15) is 24.8 Å². The second-order valence-electron chi connectivity index (χ2n) is 4.29. The molecule has 15 heavy (non-hydrogen) atoms. The van der Waals surface area contributed by atoms with E-state index in [1.54, 1.807) is 0 Å². The fourth-order valence-electron chi connectivity index (χ4n) is 1.81. The molecule has 1 aromatic rings. The van der Waals surface area contributed by atoms with Gasteiger partial charge in [0.2, 0.25) is 0 Å². The monoisotopic (exact) mass is 226 g/mol. The molecule has 0 saturated heterocycles. The highest BCUT2D eigenvalue weighted by atomic mass is 32.1. The van der Waals surface area contributed by atoms with Crippen LogP contribution in [0.3, 0.4) is 0 Å². The highest BCUT2D eigenvalue weighted by Crippen LogP contribution is 2.23. The first-order valence-electron chi connectivity index (χ1n) is 5.53. The second-order valence-corrected chi connectivity index (χ2v) is 5.27. The maximum absolute atomic E-state index is 3.22. The molecular weight excluding hydrogens is 204 g/mol. The highest BCUT2D eigenvalue weighted by molar-refractivity contribution is 7.10. The van der Waals surface area contributed by atoms with E-state index >= 15 is 0 Å². The minimum Gasteiger partial charge on any atom is -0.319 e. The van der Waals surface area contributed by atoms with Crippen LogP contribution in [-0.2, 0) is 0 Å². The van der Waals surface area contributed by atoms with Gasteiger partial charge in [0.25, 0.3) is 0 Å². The Morgan fingerprint density at radius 1 is 1.47 bits per heavy atom. The highest BCUT2D eigenvalue weighted by Gasteiger charge is 2.14. The first-order chi connectivity index (χ1) is 7.15. The predicted octanol–water partition coefficient (Wildman–Crippen LogP) is 2.60. The molecular formula is C12H22N2S. The van der Waals surface area contributed by atoms with Crippen molar-refractivity contribution in [3.8, 4) is 0 Å². The van der Waals surface area contributed by atoms with E-state index in [1.165, 1.54) is 4.88 Å². The third-order valence-electron chi connectivity index (χ3n) is 2.77. The summed E-state index contributed by atoms with van der Waals surface area (Å²) in [5.74, 6) is 0.697. The number of nitrogens with zero attached hydrogens (tertiary/aromatic N) is 1. The van der Waals surface area contributed by atoms with E-state index in [-0.39, 0.29) is 0 Å². The van der Waals surface area contributed by atoms with Crippen LogP contribution in [-0.4, -0.2) is 32.1 Å². The van der Waals surface area contributed by atoms with Gasteiger partial charge >= 0.3 is 0 Å². The molecule has 1 aromatic heterocycles. The molecule has 0 aliphatic heterocycles. The molecule has 1 heterocycles. The SMILES string of the molecule is CNCC(C)CN(C)C(C)c1cccs1. The molecule has 2 unspecified atom stereocenters. The molecule has 0 aromatic carbocycles. The van der Waals surface area contributed by atoms with Crippen molar-refractivity contribution in [2.45, 2.75) is 19.9 Å². The molecule has 0 radical (unpaired) electrons. The summed E-state index contributed by atoms with van der Waals surface area (Å²) in [6.07, 6.45) is 0. The summed E-state index contributed by atoms with van der Waals surface area (Å²) in [5.41, 5.74) is 0. The molecule has 2 nitrogen and oxygen atoms in total. The second kappa shape index (κ2) is 6.26. The molecule has 2 atom stereocenters. The van der Waals surface area contributed by atoms with Crippen molar-refractivity contribution in [3.63, 3.8) is 0 Å². The normalized spacial score (nSPS) is 15.5. The minimum atomic E-state index is 0.532. The van der Waals surface area contributed by atoms with E-state index in [0.717, 1.165) is 13.1 Å². The quantitative estimate of drug-likeness (QED) is 0.802. The lowest BCUT2D eigenvalue weighted by Crippen LogP contribution is -2.31. The smallest absolute Gasteiger partial charge is 0.0410 e. The largest absolute Gasteiger partial charge is 0.319 e. The van der Waals surface area contributed by atoms with Crippen LogP contribution in [0.25, 0.3) is 0 Å². The summed E-state index contributed by atoms with van der Waals surface area (Å²) in [6, 6.07) is 4.87. The molecule has 1 rings (SSSR count). The van der Waals surface area contributed by atoms with Crippen molar-refractivity contribution in [3.05, 3.63) is 22.4 Å². The van der Waals surface area contributed by atoms with Crippen molar-refractivity contribution in [1.82, 2.24) is 10.2 Å². The third kappa shape index (κ3) is 3.93. The molecule has 0 fully saturated rings. The Morgan fingerprint density at radius 2 is 2.20 bits per heavy atom. The lowest BCUT2D eigenvalue weighted by atomic mass is 10.1. The maximum atomic E-state index is 3.22. The topological polar surface area (TPSA) is 15.3 Å². The number of nitrogens with one attached hydrogen (secondary N) is 1. The average molecular weight is 226 g/mol. The van der Waals surface area contributed by atoms with Crippen LogP contribution in [0.4, 0.5) is 0 Å². The van der Waals surface area contributed by atoms with Crippen molar-refractivity contribution in [1.29, 1.82) is 0 Å². The van der Waals surface area contributed by atoms with Gasteiger partial charge in [-0.1, -0.05) is 13.0 Å². The van der Waals surface area contributed by atoms with E-state index in [0.29, 0.717) is 12.0 Å². The number of thiophene rings is 1. The van der Waals surface area contributed by atoms with Gasteiger partial charge < -0.3 is 5.32 Å². The van der Waals surface area contributed by atoms with E-state index in [4.69, 9.17) is 0 Å². The fraction of sp³-hybridized carbons (Fsp3) is 0.667. The molecule has 0 aliphatic rings. The number of rotatable bonds is 6. The van der Waals surface area contributed by atoms with Crippen LogP contribution in [0.5, 0.6) is 0 Å². The lowest BCUT2D eigenvalue weighted by molar-refractivity contribution is 0.228. The van der Waals surface area contributed by atoms with Crippen LogP contribution >= 0.6 is 11.3 Å². The van der Waals surface area contributed by atoms with Crippen LogP contribution in [0.15, 0.2) is 17.5 Å². The molecule has 3 heteroatoms. The Bertz CT molecular complexity index is 259. The maximum Gasteiger partial charge on any atom is 0.0410 e. The Hall–Kier alpha value is -0.380. The zero-order valence-corrected chi connectivity index (χ0v) is 11.0. The summed E-state index contributed by atoms with van der Waals surface area (Å²) in [5, 5.41) is 5.37. The van der Waals surface area contributed by atoms with Gasteiger partial charge in [0.1, 0.15) is 0 Å². The van der Waals surface area contributed by atoms with Gasteiger partial charge in [0, 0.05) is 17.5 Å². The Morgan fingerprint density at radius 3 is 2.73 bits per heavy atom. The van der Waals surface area contributed by atoms with Gasteiger partial charge in [-0.25, -0.2) is 0 Å². The lowest BCUT2D eigenvalue weighted by Gasteiger charge is -2.26. The molecule has 0 bridgehead atoms. The predicted molar refractivity (Wildman–Crippen MR) is 68.5 cm³/mol. The number of hydrogen-bond donors (Lipinski definition) is 1. The van der Waals surface area contributed by atoms with E-state index in [1.807, 2.05) is 18.4 Å². The summed E-state index contributed by atoms with van der Waals surface area (Å²) in [6.45, 7) is 6.79. The fourth-order valence-corrected chi connectivity index (χ4v) is 2.66. The molecule has 0 aliphatic carbocycles. The van der Waals surface area contributed by atoms with E-state index in [2.05, 4.69) is 48.6 Å². The summed E-state index contributed by atoms with van der Waals surface area (Å²) < 4.78 is 0. The van der Waals surface area contributed by atoms with Gasteiger partial charge in [0.15, 0.2) is 0 Å². The molecule has 86 valence electrons. The van der Waals surface area contributed by atoms with Gasteiger partial charge in [-0.3, -0.25) is 4.90 Å². The molecule has 1 N–H and O–H groups in total. The third-order valence-corrected chi connectivity index (χ3v) is 3.81. The summed E-state index contributed by atoms with van der Waals surface area (Å²) in [7, 11) is 4.22. The molecule has 0 saturated carbocycles. The standard InChI is InChI=1S/C12H22N2S/c1-10(8-13-3)9-14(4)11(2)12-6-5-7-15-12/h5-7,10-11,13H,8-9H2,1-4H3. The Kier molecular flexibility index (Phi) is 5.29. The van der Waals surface area contributed by atoms with Gasteiger partial charge in [-0.15, -0.1) is 11.3 Å². The van der Waals surface area contributed by atoms with E-state index < -0.39 is 0 Å². The molecule has 0 spiro atoms. The first-order valence-corrected chi connectivity index (χ1v) is 6.41. The van der Waals surface area contributed by atoms with Gasteiger partial charge in [-0.2, -0.15) is 0 Å². The zero-order chi connectivity index (χ0) is 11.3. The van der Waals surface area contributed by atoms with Crippen molar-refractivity contribution in [2.24, 2.45) is 5.92 Å². The number of hydrogen-bond acceptors (Lipinski definition) is 3. The zero-order valence-electron chi connectivity index (χ0n) is 10.2. The molecule has 0 amide bonds. The van der Waals surface area contributed by atoms with Crippen LogP contribution in [0.2, 0.25) is 0 Å². The van der Waals surface area contributed by atoms with Crippen LogP contribution in [0, 0.1) is 5.92 Å². The van der Waals surface area contributed by atoms with Gasteiger partial charge in [-0.05, 0) is 44.9 Å².